The first-order valence-electron chi connectivity index (χ1n) is 7.47. The maximum atomic E-state index is 4.41. The second-order valence-electron chi connectivity index (χ2n) is 5.62. The summed E-state index contributed by atoms with van der Waals surface area (Å²) >= 11 is 0. The zero-order valence-electron chi connectivity index (χ0n) is 13.0. The van der Waals surface area contributed by atoms with Gasteiger partial charge in [0.25, 0.3) is 0 Å². The third-order valence-electron chi connectivity index (χ3n) is 3.43. The van der Waals surface area contributed by atoms with E-state index < -0.39 is 0 Å². The smallest absolute Gasteiger partial charge is 0.0684 e. The molecular formula is C17H25N3. The molecule has 0 spiro atoms. The van der Waals surface area contributed by atoms with E-state index in [-0.39, 0.29) is 0 Å². The number of hydrogen-bond acceptors (Lipinski definition) is 2. The molecule has 0 bridgehead atoms. The van der Waals surface area contributed by atoms with E-state index in [1.807, 2.05) is 6.20 Å². The van der Waals surface area contributed by atoms with Gasteiger partial charge in [0, 0.05) is 30.9 Å². The highest BCUT2D eigenvalue weighted by Gasteiger charge is 2.08. The molecule has 0 amide bonds. The molecule has 0 saturated heterocycles. The molecule has 0 atom stereocenters. The number of rotatable bonds is 6. The highest BCUT2D eigenvalue weighted by molar-refractivity contribution is 5.64. The molecular weight excluding hydrogens is 246 g/mol. The first kappa shape index (κ1) is 14.8. The third-order valence-corrected chi connectivity index (χ3v) is 3.43. The highest BCUT2D eigenvalue weighted by atomic mass is 15.3. The van der Waals surface area contributed by atoms with Crippen molar-refractivity contribution in [2.24, 2.45) is 0 Å². The monoisotopic (exact) mass is 271 g/mol. The molecule has 0 radical (unpaired) electrons. The number of aryl methyl sites for hydroxylation is 2. The highest BCUT2D eigenvalue weighted by Crippen LogP contribution is 2.24. The minimum atomic E-state index is 0.515. The van der Waals surface area contributed by atoms with Crippen molar-refractivity contribution in [1.29, 1.82) is 0 Å². The van der Waals surface area contributed by atoms with Crippen LogP contribution in [0.1, 0.15) is 38.3 Å². The number of aromatic nitrogens is 2. The van der Waals surface area contributed by atoms with Crippen LogP contribution in [-0.4, -0.2) is 15.8 Å². The van der Waals surface area contributed by atoms with E-state index in [1.165, 1.54) is 22.4 Å². The first-order valence-corrected chi connectivity index (χ1v) is 7.47. The Labute approximate surface area is 122 Å². The zero-order valence-corrected chi connectivity index (χ0v) is 13.0. The van der Waals surface area contributed by atoms with E-state index >= 15 is 0 Å². The fourth-order valence-corrected chi connectivity index (χ4v) is 2.40. The Morgan fingerprint density at radius 1 is 1.25 bits per heavy atom. The summed E-state index contributed by atoms with van der Waals surface area (Å²) in [7, 11) is 0. The molecule has 1 aromatic heterocycles. The Morgan fingerprint density at radius 2 is 2.05 bits per heavy atom. The van der Waals surface area contributed by atoms with Gasteiger partial charge in [-0.1, -0.05) is 39.0 Å². The standard InChI is InChI=1S/C17H25N3/c1-5-10-20-17(8-9-19-20)16-7-6-15(11-14(16)4)12-18-13(2)3/h6-9,11,13,18H,5,10,12H2,1-4H3. The summed E-state index contributed by atoms with van der Waals surface area (Å²) < 4.78 is 2.09. The van der Waals surface area contributed by atoms with Gasteiger partial charge < -0.3 is 5.32 Å². The number of nitrogens with zero attached hydrogens (tertiary/aromatic N) is 2. The SMILES string of the molecule is CCCn1nccc1-c1ccc(CNC(C)C)cc1C. The van der Waals surface area contributed by atoms with E-state index in [9.17, 15) is 0 Å². The van der Waals surface area contributed by atoms with Crippen LogP contribution in [0.25, 0.3) is 11.3 Å². The summed E-state index contributed by atoms with van der Waals surface area (Å²) in [5.74, 6) is 0. The second kappa shape index (κ2) is 6.71. The molecule has 1 N–H and O–H groups in total. The van der Waals surface area contributed by atoms with Crippen LogP contribution in [0, 0.1) is 6.92 Å². The van der Waals surface area contributed by atoms with E-state index in [1.54, 1.807) is 0 Å². The molecule has 0 saturated carbocycles. The maximum Gasteiger partial charge on any atom is 0.0684 e. The average Bonchev–Trinajstić information content (AvgIpc) is 2.85. The zero-order chi connectivity index (χ0) is 14.5. The molecule has 108 valence electrons. The van der Waals surface area contributed by atoms with Crippen molar-refractivity contribution >= 4 is 0 Å². The molecule has 1 aromatic carbocycles. The Kier molecular flexibility index (Phi) is 4.96. The van der Waals surface area contributed by atoms with Gasteiger partial charge in [0.2, 0.25) is 0 Å². The van der Waals surface area contributed by atoms with Gasteiger partial charge in [-0.3, -0.25) is 4.68 Å². The van der Waals surface area contributed by atoms with Gasteiger partial charge in [0.15, 0.2) is 0 Å². The molecule has 2 rings (SSSR count). The Hall–Kier alpha value is -1.61. The Morgan fingerprint density at radius 3 is 2.70 bits per heavy atom. The van der Waals surface area contributed by atoms with Crippen LogP contribution in [0.15, 0.2) is 30.5 Å². The van der Waals surface area contributed by atoms with Gasteiger partial charge in [-0.2, -0.15) is 5.10 Å². The normalized spacial score (nSPS) is 11.2. The van der Waals surface area contributed by atoms with Crippen molar-refractivity contribution < 1.29 is 0 Å². The fourth-order valence-electron chi connectivity index (χ4n) is 2.40. The van der Waals surface area contributed by atoms with Crippen LogP contribution in [0.5, 0.6) is 0 Å². The Balaban J connectivity index is 2.23. The minimum Gasteiger partial charge on any atom is -0.310 e. The lowest BCUT2D eigenvalue weighted by Gasteiger charge is -2.12. The van der Waals surface area contributed by atoms with Crippen molar-refractivity contribution in [1.82, 2.24) is 15.1 Å². The maximum absolute atomic E-state index is 4.41. The van der Waals surface area contributed by atoms with Gasteiger partial charge in [-0.25, -0.2) is 0 Å². The second-order valence-corrected chi connectivity index (χ2v) is 5.62. The van der Waals surface area contributed by atoms with E-state index in [0.717, 1.165) is 19.5 Å². The number of nitrogens with one attached hydrogen (secondary N) is 1. The van der Waals surface area contributed by atoms with Gasteiger partial charge in [0.05, 0.1) is 5.69 Å². The summed E-state index contributed by atoms with van der Waals surface area (Å²) in [6, 6.07) is 9.32. The molecule has 3 heteroatoms. The van der Waals surface area contributed by atoms with Crippen LogP contribution in [-0.2, 0) is 13.1 Å². The van der Waals surface area contributed by atoms with E-state index in [2.05, 4.69) is 67.1 Å². The summed E-state index contributed by atoms with van der Waals surface area (Å²) in [5, 5.41) is 7.87. The molecule has 1 heterocycles. The molecule has 2 aromatic rings. The molecule has 0 aliphatic heterocycles. The van der Waals surface area contributed by atoms with Gasteiger partial charge in [-0.15, -0.1) is 0 Å². The van der Waals surface area contributed by atoms with Gasteiger partial charge in [0.1, 0.15) is 0 Å². The molecule has 0 unspecified atom stereocenters. The van der Waals surface area contributed by atoms with Crippen molar-refractivity contribution in [3.8, 4) is 11.3 Å². The fraction of sp³-hybridized carbons (Fsp3) is 0.471. The van der Waals surface area contributed by atoms with Crippen molar-refractivity contribution in [2.45, 2.75) is 53.2 Å². The molecule has 0 aliphatic rings. The molecule has 0 aliphatic carbocycles. The minimum absolute atomic E-state index is 0.515. The summed E-state index contributed by atoms with van der Waals surface area (Å²) in [6.07, 6.45) is 2.99. The van der Waals surface area contributed by atoms with E-state index in [0.29, 0.717) is 6.04 Å². The van der Waals surface area contributed by atoms with Crippen molar-refractivity contribution in [3.05, 3.63) is 41.6 Å². The summed E-state index contributed by atoms with van der Waals surface area (Å²) in [4.78, 5) is 0. The lowest BCUT2D eigenvalue weighted by Crippen LogP contribution is -2.21. The summed E-state index contributed by atoms with van der Waals surface area (Å²) in [5.41, 5.74) is 5.14. The molecule has 20 heavy (non-hydrogen) atoms. The first-order chi connectivity index (χ1) is 9.61. The molecule has 0 fully saturated rings. The topological polar surface area (TPSA) is 29.9 Å². The van der Waals surface area contributed by atoms with Crippen LogP contribution in [0.3, 0.4) is 0 Å². The summed E-state index contributed by atoms with van der Waals surface area (Å²) in [6.45, 7) is 10.6. The Bertz CT molecular complexity index is 555. The predicted molar refractivity (Wildman–Crippen MR) is 84.7 cm³/mol. The number of hydrogen-bond donors (Lipinski definition) is 1. The van der Waals surface area contributed by atoms with Crippen LogP contribution >= 0.6 is 0 Å². The number of benzene rings is 1. The van der Waals surface area contributed by atoms with Crippen molar-refractivity contribution in [3.63, 3.8) is 0 Å². The van der Waals surface area contributed by atoms with E-state index in [4.69, 9.17) is 0 Å². The van der Waals surface area contributed by atoms with Crippen LogP contribution in [0.4, 0.5) is 0 Å². The van der Waals surface area contributed by atoms with Crippen LogP contribution in [0.2, 0.25) is 0 Å². The average molecular weight is 271 g/mol. The lowest BCUT2D eigenvalue weighted by atomic mass is 10.0. The van der Waals surface area contributed by atoms with Gasteiger partial charge >= 0.3 is 0 Å². The predicted octanol–water partition coefficient (Wildman–Crippen LogP) is 3.77. The van der Waals surface area contributed by atoms with Crippen LogP contribution < -0.4 is 5.32 Å². The molecule has 3 nitrogen and oxygen atoms in total. The van der Waals surface area contributed by atoms with Gasteiger partial charge in [-0.05, 0) is 30.5 Å². The quantitative estimate of drug-likeness (QED) is 0.867. The largest absolute Gasteiger partial charge is 0.310 e. The lowest BCUT2D eigenvalue weighted by molar-refractivity contribution is 0.588. The third kappa shape index (κ3) is 3.48. The van der Waals surface area contributed by atoms with Crippen molar-refractivity contribution in [2.75, 3.05) is 0 Å².